The third-order valence-corrected chi connectivity index (χ3v) is 4.02. The fourth-order valence-electron chi connectivity index (χ4n) is 2.86. The molecule has 0 radical (unpaired) electrons. The Morgan fingerprint density at radius 1 is 0.840 bits per heavy atom. The first-order valence-corrected chi connectivity index (χ1v) is 8.07. The molecular formula is C21H16N2O2. The molecule has 0 saturated heterocycles. The summed E-state index contributed by atoms with van der Waals surface area (Å²) in [5.41, 5.74) is 3.29. The van der Waals surface area contributed by atoms with E-state index in [1.165, 1.54) is 0 Å². The lowest BCUT2D eigenvalue weighted by molar-refractivity contribution is 0.497. The van der Waals surface area contributed by atoms with Crippen molar-refractivity contribution in [3.8, 4) is 22.7 Å². The fourth-order valence-corrected chi connectivity index (χ4v) is 2.86. The molecule has 2 aromatic carbocycles. The second-order valence-electron chi connectivity index (χ2n) is 5.70. The molecular weight excluding hydrogens is 312 g/mol. The van der Waals surface area contributed by atoms with Gasteiger partial charge >= 0.3 is 5.76 Å². The van der Waals surface area contributed by atoms with E-state index in [1.807, 2.05) is 78.9 Å². The van der Waals surface area contributed by atoms with Crippen molar-refractivity contribution in [3.63, 3.8) is 0 Å². The zero-order valence-electron chi connectivity index (χ0n) is 13.5. The van der Waals surface area contributed by atoms with E-state index in [0.29, 0.717) is 23.7 Å². The SMILES string of the molecule is O=c1oc(-c2ccccc2)c(-c2ccccn2)n1Cc1ccccc1. The van der Waals surface area contributed by atoms with E-state index in [-0.39, 0.29) is 5.76 Å². The number of aromatic nitrogens is 2. The Bertz CT molecular complexity index is 1020. The number of hydrogen-bond donors (Lipinski definition) is 0. The summed E-state index contributed by atoms with van der Waals surface area (Å²) >= 11 is 0. The molecule has 25 heavy (non-hydrogen) atoms. The largest absolute Gasteiger partial charge is 0.420 e. The molecule has 0 atom stereocenters. The summed E-state index contributed by atoms with van der Waals surface area (Å²) < 4.78 is 7.26. The monoisotopic (exact) mass is 328 g/mol. The van der Waals surface area contributed by atoms with Crippen molar-refractivity contribution in [1.82, 2.24) is 9.55 Å². The van der Waals surface area contributed by atoms with Crippen LogP contribution in [0.25, 0.3) is 22.7 Å². The lowest BCUT2D eigenvalue weighted by Crippen LogP contribution is -2.16. The van der Waals surface area contributed by atoms with E-state index in [4.69, 9.17) is 4.42 Å². The van der Waals surface area contributed by atoms with Crippen molar-refractivity contribution in [2.75, 3.05) is 0 Å². The Balaban J connectivity index is 1.92. The van der Waals surface area contributed by atoms with E-state index in [1.54, 1.807) is 10.8 Å². The van der Waals surface area contributed by atoms with Gasteiger partial charge in [0.2, 0.25) is 0 Å². The van der Waals surface area contributed by atoms with Crippen LogP contribution in [0.5, 0.6) is 0 Å². The number of nitrogens with zero attached hydrogens (tertiary/aromatic N) is 2. The Kier molecular flexibility index (Phi) is 4.01. The van der Waals surface area contributed by atoms with Crippen LogP contribution in [-0.4, -0.2) is 9.55 Å². The maximum absolute atomic E-state index is 12.6. The van der Waals surface area contributed by atoms with Gasteiger partial charge < -0.3 is 4.42 Å². The van der Waals surface area contributed by atoms with Gasteiger partial charge in [-0.3, -0.25) is 9.55 Å². The van der Waals surface area contributed by atoms with E-state index in [2.05, 4.69) is 4.98 Å². The van der Waals surface area contributed by atoms with Crippen LogP contribution in [0, 0.1) is 0 Å². The second kappa shape index (κ2) is 6.61. The molecule has 0 spiro atoms. The van der Waals surface area contributed by atoms with Gasteiger partial charge in [0.15, 0.2) is 5.76 Å². The van der Waals surface area contributed by atoms with E-state index in [9.17, 15) is 4.79 Å². The van der Waals surface area contributed by atoms with Crippen LogP contribution in [0.3, 0.4) is 0 Å². The molecule has 4 rings (SSSR count). The van der Waals surface area contributed by atoms with Crippen LogP contribution in [0.2, 0.25) is 0 Å². The average Bonchev–Trinajstić information content (AvgIpc) is 3.00. The second-order valence-corrected chi connectivity index (χ2v) is 5.70. The molecule has 0 amide bonds. The summed E-state index contributed by atoms with van der Waals surface area (Å²) in [6.45, 7) is 0.432. The van der Waals surface area contributed by atoms with Gasteiger partial charge in [0, 0.05) is 11.8 Å². The van der Waals surface area contributed by atoms with E-state index >= 15 is 0 Å². The van der Waals surface area contributed by atoms with Gasteiger partial charge in [0.05, 0.1) is 12.2 Å². The quantitative estimate of drug-likeness (QED) is 0.563. The Hall–Kier alpha value is -3.40. The van der Waals surface area contributed by atoms with Crippen LogP contribution in [0.4, 0.5) is 0 Å². The molecule has 4 aromatic rings. The molecule has 2 heterocycles. The Labute approximate surface area is 145 Å². The van der Waals surface area contributed by atoms with Crippen LogP contribution < -0.4 is 5.76 Å². The van der Waals surface area contributed by atoms with Gasteiger partial charge in [-0.15, -0.1) is 0 Å². The van der Waals surface area contributed by atoms with Gasteiger partial charge in [0.1, 0.15) is 5.69 Å². The zero-order chi connectivity index (χ0) is 17.1. The minimum atomic E-state index is -0.386. The van der Waals surface area contributed by atoms with Crippen molar-refractivity contribution in [3.05, 3.63) is 101 Å². The van der Waals surface area contributed by atoms with E-state index in [0.717, 1.165) is 11.1 Å². The summed E-state index contributed by atoms with van der Waals surface area (Å²) in [5, 5.41) is 0. The molecule has 2 aromatic heterocycles. The highest BCUT2D eigenvalue weighted by Gasteiger charge is 2.20. The predicted octanol–water partition coefficient (Wildman–Crippen LogP) is 4.22. The molecule has 4 heteroatoms. The molecule has 0 aliphatic rings. The summed E-state index contributed by atoms with van der Waals surface area (Å²) in [5.74, 6) is 0.156. The molecule has 0 aliphatic carbocycles. The third kappa shape index (κ3) is 3.02. The van der Waals surface area contributed by atoms with Crippen molar-refractivity contribution in [2.24, 2.45) is 0 Å². The predicted molar refractivity (Wildman–Crippen MR) is 97.2 cm³/mol. The number of hydrogen-bond acceptors (Lipinski definition) is 3. The Morgan fingerprint density at radius 2 is 1.52 bits per heavy atom. The Morgan fingerprint density at radius 3 is 2.20 bits per heavy atom. The first-order valence-electron chi connectivity index (χ1n) is 8.07. The zero-order valence-corrected chi connectivity index (χ0v) is 13.5. The van der Waals surface area contributed by atoms with Crippen molar-refractivity contribution >= 4 is 0 Å². The first kappa shape index (κ1) is 15.1. The van der Waals surface area contributed by atoms with E-state index < -0.39 is 0 Å². The molecule has 122 valence electrons. The van der Waals surface area contributed by atoms with Gasteiger partial charge in [-0.1, -0.05) is 66.7 Å². The molecule has 0 bridgehead atoms. The fraction of sp³-hybridized carbons (Fsp3) is 0.0476. The third-order valence-electron chi connectivity index (χ3n) is 4.02. The standard InChI is InChI=1S/C21H16N2O2/c24-21-23(15-16-9-3-1-4-10-16)19(18-13-7-8-14-22-18)20(25-21)17-11-5-2-6-12-17/h1-14H,15H2. The van der Waals surface area contributed by atoms with Gasteiger partial charge in [0.25, 0.3) is 0 Å². The smallest absolute Gasteiger partial charge is 0.407 e. The van der Waals surface area contributed by atoms with Crippen LogP contribution >= 0.6 is 0 Å². The maximum atomic E-state index is 12.6. The van der Waals surface area contributed by atoms with Crippen molar-refractivity contribution in [1.29, 1.82) is 0 Å². The minimum Gasteiger partial charge on any atom is -0.407 e. The van der Waals surface area contributed by atoms with Crippen LogP contribution in [-0.2, 0) is 6.54 Å². The maximum Gasteiger partial charge on any atom is 0.420 e. The normalized spacial score (nSPS) is 10.7. The summed E-state index contributed by atoms with van der Waals surface area (Å²) in [6.07, 6.45) is 1.72. The highest BCUT2D eigenvalue weighted by atomic mass is 16.4. The van der Waals surface area contributed by atoms with Crippen LogP contribution in [0.15, 0.2) is 94.3 Å². The highest BCUT2D eigenvalue weighted by molar-refractivity contribution is 5.75. The molecule has 0 unspecified atom stereocenters. The molecule has 0 N–H and O–H groups in total. The van der Waals surface area contributed by atoms with Gasteiger partial charge in [-0.2, -0.15) is 0 Å². The highest BCUT2D eigenvalue weighted by Crippen LogP contribution is 2.30. The van der Waals surface area contributed by atoms with Gasteiger partial charge in [-0.05, 0) is 17.7 Å². The van der Waals surface area contributed by atoms with Gasteiger partial charge in [-0.25, -0.2) is 4.79 Å². The average molecular weight is 328 g/mol. The number of benzene rings is 2. The molecule has 0 aliphatic heterocycles. The van der Waals surface area contributed by atoms with Crippen molar-refractivity contribution in [2.45, 2.75) is 6.54 Å². The number of rotatable bonds is 4. The summed E-state index contributed by atoms with van der Waals surface area (Å²) in [6, 6.07) is 25.1. The van der Waals surface area contributed by atoms with Crippen LogP contribution in [0.1, 0.15) is 5.56 Å². The summed E-state index contributed by atoms with van der Waals surface area (Å²) in [7, 11) is 0. The van der Waals surface area contributed by atoms with Crippen molar-refractivity contribution < 1.29 is 4.42 Å². The minimum absolute atomic E-state index is 0.386. The molecule has 0 saturated carbocycles. The summed E-state index contributed by atoms with van der Waals surface area (Å²) in [4.78, 5) is 17.0. The molecule has 0 fully saturated rings. The number of oxazole rings is 1. The first-order chi connectivity index (χ1) is 12.3. The lowest BCUT2D eigenvalue weighted by Gasteiger charge is -2.08. The lowest BCUT2D eigenvalue weighted by atomic mass is 10.1. The number of pyridine rings is 1. The molecule has 4 nitrogen and oxygen atoms in total. The topological polar surface area (TPSA) is 48.0 Å².